The molecule has 25 heavy (non-hydrogen) atoms. The minimum absolute atomic E-state index is 0.0547. The number of likely N-dealkylation sites (N-methyl/N-ethyl adjacent to an activating group) is 1. The maximum Gasteiger partial charge on any atom is 0.273 e. The number of rotatable bonds is 7. The van der Waals surface area contributed by atoms with Crippen LogP contribution >= 0.6 is 0 Å². The number of carbonyl (C=O) groups excluding carboxylic acids is 2. The molecule has 0 aromatic carbocycles. The van der Waals surface area contributed by atoms with Gasteiger partial charge in [0.05, 0.1) is 12.7 Å². The predicted molar refractivity (Wildman–Crippen MR) is 87.5 cm³/mol. The SMILES string of the molecule is CCN(CC)C(=O)Cn1cc(C(=O)NCc2nnc3n2CCC3)nn1. The van der Waals surface area contributed by atoms with Gasteiger partial charge >= 0.3 is 0 Å². The van der Waals surface area contributed by atoms with Crippen molar-refractivity contribution >= 4 is 11.8 Å². The lowest BCUT2D eigenvalue weighted by atomic mass is 10.4. The second-order valence-electron chi connectivity index (χ2n) is 5.84. The van der Waals surface area contributed by atoms with Gasteiger partial charge in [-0.1, -0.05) is 5.21 Å². The fourth-order valence-electron chi connectivity index (χ4n) is 2.89. The maximum absolute atomic E-state index is 12.2. The van der Waals surface area contributed by atoms with Gasteiger partial charge in [-0.2, -0.15) is 0 Å². The Labute approximate surface area is 145 Å². The molecule has 0 spiro atoms. The van der Waals surface area contributed by atoms with Gasteiger partial charge in [0, 0.05) is 26.1 Å². The minimum atomic E-state index is -0.350. The number of aromatic nitrogens is 6. The summed E-state index contributed by atoms with van der Waals surface area (Å²) in [6, 6.07) is 0. The van der Waals surface area contributed by atoms with E-state index in [0.717, 1.165) is 31.0 Å². The van der Waals surface area contributed by atoms with Crippen LogP contribution in [0.15, 0.2) is 6.20 Å². The molecule has 0 saturated carbocycles. The average molecular weight is 346 g/mol. The molecule has 1 N–H and O–H groups in total. The lowest BCUT2D eigenvalue weighted by molar-refractivity contribution is -0.131. The first kappa shape index (κ1) is 17.1. The molecule has 0 saturated heterocycles. The van der Waals surface area contributed by atoms with E-state index in [9.17, 15) is 9.59 Å². The fraction of sp³-hybridized carbons (Fsp3) is 0.600. The van der Waals surface area contributed by atoms with Crippen LogP contribution < -0.4 is 5.32 Å². The van der Waals surface area contributed by atoms with Crippen molar-refractivity contribution in [3.8, 4) is 0 Å². The first-order chi connectivity index (χ1) is 12.1. The van der Waals surface area contributed by atoms with E-state index in [2.05, 4.69) is 25.8 Å². The van der Waals surface area contributed by atoms with Crippen LogP contribution in [0.5, 0.6) is 0 Å². The number of carbonyl (C=O) groups is 2. The van der Waals surface area contributed by atoms with E-state index < -0.39 is 0 Å². The van der Waals surface area contributed by atoms with Crippen LogP contribution in [0.2, 0.25) is 0 Å². The molecule has 1 aliphatic rings. The molecule has 3 rings (SSSR count). The summed E-state index contributed by atoms with van der Waals surface area (Å²) in [4.78, 5) is 26.0. The first-order valence-corrected chi connectivity index (χ1v) is 8.49. The molecule has 2 amide bonds. The van der Waals surface area contributed by atoms with Crippen molar-refractivity contribution in [2.75, 3.05) is 13.1 Å². The third-order valence-corrected chi connectivity index (χ3v) is 4.28. The van der Waals surface area contributed by atoms with Crippen LogP contribution in [-0.2, 0) is 30.8 Å². The van der Waals surface area contributed by atoms with Crippen LogP contribution in [0, 0.1) is 0 Å². The zero-order valence-electron chi connectivity index (χ0n) is 14.5. The van der Waals surface area contributed by atoms with E-state index in [1.165, 1.54) is 10.9 Å². The van der Waals surface area contributed by atoms with Crippen LogP contribution in [0.3, 0.4) is 0 Å². The smallest absolute Gasteiger partial charge is 0.273 e. The van der Waals surface area contributed by atoms with Crippen molar-refractivity contribution < 1.29 is 9.59 Å². The Hall–Kier alpha value is -2.78. The third-order valence-electron chi connectivity index (χ3n) is 4.28. The predicted octanol–water partition coefficient (Wildman–Crippen LogP) is -0.386. The zero-order chi connectivity index (χ0) is 17.8. The zero-order valence-corrected chi connectivity index (χ0v) is 14.5. The summed E-state index contributed by atoms with van der Waals surface area (Å²) in [6.07, 6.45) is 3.46. The van der Waals surface area contributed by atoms with Crippen molar-refractivity contribution in [3.63, 3.8) is 0 Å². The summed E-state index contributed by atoms with van der Waals surface area (Å²) in [6.45, 7) is 6.36. The number of nitrogens with zero attached hydrogens (tertiary/aromatic N) is 7. The number of nitrogens with one attached hydrogen (secondary N) is 1. The molecule has 2 aromatic heterocycles. The normalized spacial score (nSPS) is 12.9. The van der Waals surface area contributed by atoms with Crippen molar-refractivity contribution in [3.05, 3.63) is 23.5 Å². The van der Waals surface area contributed by atoms with Crippen LogP contribution in [-0.4, -0.2) is 59.6 Å². The van der Waals surface area contributed by atoms with Gasteiger partial charge in [-0.05, 0) is 20.3 Å². The summed E-state index contributed by atoms with van der Waals surface area (Å²) in [5.74, 6) is 1.30. The highest BCUT2D eigenvalue weighted by Gasteiger charge is 2.19. The van der Waals surface area contributed by atoms with Crippen molar-refractivity contribution in [2.24, 2.45) is 0 Å². The Kier molecular flexibility index (Phi) is 5.05. The highest BCUT2D eigenvalue weighted by atomic mass is 16.2. The molecule has 3 heterocycles. The highest BCUT2D eigenvalue weighted by molar-refractivity contribution is 5.91. The molecule has 0 radical (unpaired) electrons. The summed E-state index contributed by atoms with van der Waals surface area (Å²) < 4.78 is 3.41. The first-order valence-electron chi connectivity index (χ1n) is 8.49. The summed E-state index contributed by atoms with van der Waals surface area (Å²) in [5, 5.41) is 18.7. The Morgan fingerprint density at radius 1 is 1.24 bits per heavy atom. The Morgan fingerprint density at radius 2 is 2.04 bits per heavy atom. The van der Waals surface area contributed by atoms with Crippen molar-refractivity contribution in [1.82, 2.24) is 40.0 Å². The Morgan fingerprint density at radius 3 is 2.80 bits per heavy atom. The molecule has 10 heteroatoms. The molecule has 0 fully saturated rings. The van der Waals surface area contributed by atoms with E-state index in [1.807, 2.05) is 18.4 Å². The van der Waals surface area contributed by atoms with Gasteiger partial charge in [0.15, 0.2) is 11.5 Å². The molecule has 10 nitrogen and oxygen atoms in total. The number of hydrogen-bond donors (Lipinski definition) is 1. The topological polar surface area (TPSA) is 111 Å². The molecule has 1 aliphatic heterocycles. The quantitative estimate of drug-likeness (QED) is 0.731. The molecule has 0 unspecified atom stereocenters. The minimum Gasteiger partial charge on any atom is -0.343 e. The number of fused-ring (bicyclic) bond motifs is 1. The second kappa shape index (κ2) is 7.41. The third kappa shape index (κ3) is 3.67. The monoisotopic (exact) mass is 346 g/mol. The maximum atomic E-state index is 12.2. The standard InChI is InChI=1S/C15H22N8O2/c1-3-21(4-2)14(24)10-22-9-11(17-20-22)15(25)16-8-13-19-18-12-6-5-7-23(12)13/h9H,3-8,10H2,1-2H3,(H,16,25). The second-order valence-corrected chi connectivity index (χ2v) is 5.84. The highest BCUT2D eigenvalue weighted by Crippen LogP contribution is 2.13. The van der Waals surface area contributed by atoms with Gasteiger partial charge in [-0.3, -0.25) is 9.59 Å². The van der Waals surface area contributed by atoms with E-state index in [0.29, 0.717) is 13.1 Å². The molecular weight excluding hydrogens is 324 g/mol. The van der Waals surface area contributed by atoms with E-state index >= 15 is 0 Å². The fourth-order valence-corrected chi connectivity index (χ4v) is 2.89. The van der Waals surface area contributed by atoms with Gasteiger partial charge in [0.25, 0.3) is 5.91 Å². The van der Waals surface area contributed by atoms with Crippen molar-refractivity contribution in [2.45, 2.75) is 46.3 Å². The van der Waals surface area contributed by atoms with Gasteiger partial charge in [0.2, 0.25) is 5.91 Å². The lowest BCUT2D eigenvalue weighted by Crippen LogP contribution is -2.33. The van der Waals surface area contributed by atoms with Crippen LogP contribution in [0.4, 0.5) is 0 Å². The molecular formula is C15H22N8O2. The summed E-state index contributed by atoms with van der Waals surface area (Å²) in [5.41, 5.74) is 0.175. The molecule has 2 aromatic rings. The largest absolute Gasteiger partial charge is 0.343 e. The van der Waals surface area contributed by atoms with E-state index in [4.69, 9.17) is 0 Å². The van der Waals surface area contributed by atoms with Gasteiger partial charge in [-0.15, -0.1) is 15.3 Å². The van der Waals surface area contributed by atoms with Gasteiger partial charge < -0.3 is 14.8 Å². The average Bonchev–Trinajstić information content (AvgIpc) is 3.31. The molecule has 0 bridgehead atoms. The number of aryl methyl sites for hydroxylation is 1. The van der Waals surface area contributed by atoms with Gasteiger partial charge in [-0.25, -0.2) is 4.68 Å². The summed E-state index contributed by atoms with van der Waals surface area (Å²) in [7, 11) is 0. The van der Waals surface area contributed by atoms with E-state index in [-0.39, 0.29) is 30.6 Å². The Bertz CT molecular complexity index is 761. The van der Waals surface area contributed by atoms with E-state index in [1.54, 1.807) is 4.90 Å². The Balaban J connectivity index is 1.56. The number of hydrogen-bond acceptors (Lipinski definition) is 6. The van der Waals surface area contributed by atoms with Gasteiger partial charge in [0.1, 0.15) is 12.4 Å². The molecule has 134 valence electrons. The molecule has 0 atom stereocenters. The number of amides is 2. The van der Waals surface area contributed by atoms with Crippen LogP contribution in [0.25, 0.3) is 0 Å². The van der Waals surface area contributed by atoms with Crippen molar-refractivity contribution in [1.29, 1.82) is 0 Å². The van der Waals surface area contributed by atoms with Crippen LogP contribution in [0.1, 0.15) is 42.4 Å². The lowest BCUT2D eigenvalue weighted by Gasteiger charge is -2.17. The summed E-state index contributed by atoms with van der Waals surface area (Å²) >= 11 is 0. The molecule has 0 aliphatic carbocycles.